The molecule has 2 aliphatic carbocycles. The minimum absolute atomic E-state index is 0.322. The topological polar surface area (TPSA) is 20.2 Å². The lowest BCUT2D eigenvalue weighted by atomic mass is 10.2. The number of aromatic hydroxyl groups is 1. The maximum absolute atomic E-state index is 8.63. The van der Waals surface area contributed by atoms with Gasteiger partial charge in [0, 0.05) is 0 Å². The van der Waals surface area contributed by atoms with Crippen LogP contribution in [0.1, 0.15) is 38.5 Å². The van der Waals surface area contributed by atoms with Crippen LogP contribution in [-0.4, -0.2) is 5.11 Å². The number of phenolic OH excluding ortho intramolecular Hbond substituents is 1. The van der Waals surface area contributed by atoms with Gasteiger partial charge in [-0.15, -0.1) is 0 Å². The number of allylic oxidation sites excluding steroid dienone is 8. The highest BCUT2D eigenvalue weighted by atomic mass is 16.3. The van der Waals surface area contributed by atoms with Crippen LogP contribution in [0.25, 0.3) is 0 Å². The maximum atomic E-state index is 8.63. The smallest absolute Gasteiger partial charge is 0.115 e. The predicted octanol–water partition coefficient (Wildman–Crippen LogP) is 5.96. The van der Waals surface area contributed by atoms with Gasteiger partial charge in [0.25, 0.3) is 0 Å². The van der Waals surface area contributed by atoms with Gasteiger partial charge < -0.3 is 5.11 Å². The lowest BCUT2D eigenvalue weighted by Gasteiger charge is -1.82. The van der Waals surface area contributed by atoms with Crippen molar-refractivity contribution in [3.63, 3.8) is 0 Å². The van der Waals surface area contributed by atoms with Crippen molar-refractivity contribution in [2.75, 3.05) is 0 Å². The van der Waals surface area contributed by atoms with Crippen LogP contribution >= 0.6 is 0 Å². The molecule has 0 saturated carbocycles. The zero-order valence-corrected chi connectivity index (χ0v) is 12.7. The van der Waals surface area contributed by atoms with Crippen molar-refractivity contribution in [3.05, 3.63) is 78.9 Å². The van der Waals surface area contributed by atoms with Crippen molar-refractivity contribution in [1.29, 1.82) is 0 Å². The van der Waals surface area contributed by atoms with Crippen LogP contribution in [0.4, 0.5) is 0 Å². The van der Waals surface area contributed by atoms with Crippen molar-refractivity contribution in [2.24, 2.45) is 0 Å². The molecule has 2 aliphatic rings. The second-order valence-electron chi connectivity index (χ2n) is 4.91. The summed E-state index contributed by atoms with van der Waals surface area (Å²) in [6, 6.07) is 8.71. The van der Waals surface area contributed by atoms with Crippen molar-refractivity contribution in [1.82, 2.24) is 0 Å². The van der Waals surface area contributed by atoms with E-state index in [0.717, 1.165) is 0 Å². The summed E-state index contributed by atoms with van der Waals surface area (Å²) in [5, 5.41) is 8.63. The molecule has 1 heteroatoms. The summed E-state index contributed by atoms with van der Waals surface area (Å²) in [5.74, 6) is 0.322. The monoisotopic (exact) mass is 282 g/mol. The highest BCUT2D eigenvalue weighted by molar-refractivity contribution is 5.18. The lowest BCUT2D eigenvalue weighted by Crippen LogP contribution is -1.62. The molecule has 1 nitrogen and oxygen atoms in total. The molecule has 1 N–H and O–H groups in total. The van der Waals surface area contributed by atoms with E-state index in [1.54, 1.807) is 24.3 Å². The molecule has 0 radical (unpaired) electrons. The summed E-state index contributed by atoms with van der Waals surface area (Å²) >= 11 is 0. The Labute approximate surface area is 129 Å². The molecule has 0 saturated heterocycles. The van der Waals surface area contributed by atoms with Crippen LogP contribution in [0.3, 0.4) is 0 Å². The third-order valence-corrected chi connectivity index (χ3v) is 3.01. The maximum Gasteiger partial charge on any atom is 0.115 e. The first-order chi connectivity index (χ1) is 10.4. The number of hydrogen-bond donors (Lipinski definition) is 1. The van der Waals surface area contributed by atoms with Gasteiger partial charge in [-0.05, 0) is 50.7 Å². The Kier molecular flexibility index (Phi) is 10.5. The summed E-state index contributed by atoms with van der Waals surface area (Å²) in [6.45, 7) is 0. The first kappa shape index (κ1) is 17.0. The highest BCUT2D eigenvalue weighted by Gasteiger charge is 1.82. The number of hydrogen-bond acceptors (Lipinski definition) is 1. The average molecular weight is 282 g/mol. The van der Waals surface area contributed by atoms with Crippen molar-refractivity contribution in [2.45, 2.75) is 38.5 Å². The fourth-order valence-electron chi connectivity index (χ4n) is 1.83. The lowest BCUT2D eigenvalue weighted by molar-refractivity contribution is 0.475. The Balaban J connectivity index is 0.000000157. The molecule has 21 heavy (non-hydrogen) atoms. The van der Waals surface area contributed by atoms with Crippen LogP contribution < -0.4 is 0 Å². The Morgan fingerprint density at radius 1 is 0.571 bits per heavy atom. The van der Waals surface area contributed by atoms with Crippen molar-refractivity contribution in [3.8, 4) is 5.75 Å². The number of phenols is 1. The molecule has 1 aromatic carbocycles. The predicted molar refractivity (Wildman–Crippen MR) is 92.4 cm³/mol. The molecule has 0 bridgehead atoms. The SMILES string of the molecule is C1=CCCCC=C1.C1=CCCCC=C1.Oc1ccccc1. The fraction of sp³-hybridized carbons (Fsp3) is 0.300. The molecule has 3 rings (SSSR count). The van der Waals surface area contributed by atoms with Gasteiger partial charge in [-0.3, -0.25) is 0 Å². The third kappa shape index (κ3) is 11.5. The quantitative estimate of drug-likeness (QED) is 0.622. The van der Waals surface area contributed by atoms with Gasteiger partial charge in [-0.1, -0.05) is 66.8 Å². The summed E-state index contributed by atoms with van der Waals surface area (Å²) in [5.41, 5.74) is 0. The molecule has 0 aromatic heterocycles. The first-order valence-corrected chi connectivity index (χ1v) is 7.77. The zero-order chi connectivity index (χ0) is 15.0. The van der Waals surface area contributed by atoms with E-state index in [-0.39, 0.29) is 0 Å². The number of para-hydroxylation sites is 1. The fourth-order valence-corrected chi connectivity index (χ4v) is 1.83. The second kappa shape index (κ2) is 13.0. The molecule has 0 spiro atoms. The van der Waals surface area contributed by atoms with E-state index in [1.165, 1.54) is 38.5 Å². The van der Waals surface area contributed by atoms with E-state index in [9.17, 15) is 0 Å². The van der Waals surface area contributed by atoms with E-state index >= 15 is 0 Å². The van der Waals surface area contributed by atoms with Gasteiger partial charge in [0.05, 0.1) is 0 Å². The van der Waals surface area contributed by atoms with Gasteiger partial charge in [0.1, 0.15) is 5.75 Å². The van der Waals surface area contributed by atoms with Gasteiger partial charge >= 0.3 is 0 Å². The Hall–Kier alpha value is -2.02. The number of benzene rings is 1. The van der Waals surface area contributed by atoms with Gasteiger partial charge in [0.2, 0.25) is 0 Å². The zero-order valence-electron chi connectivity index (χ0n) is 12.7. The van der Waals surface area contributed by atoms with Crippen molar-refractivity contribution < 1.29 is 5.11 Å². The van der Waals surface area contributed by atoms with E-state index in [1.807, 2.05) is 6.07 Å². The molecule has 0 atom stereocenters. The molecule has 0 fully saturated rings. The van der Waals surface area contributed by atoms with Crippen LogP contribution in [0, 0.1) is 0 Å². The van der Waals surface area contributed by atoms with Crippen LogP contribution in [0.5, 0.6) is 5.75 Å². The van der Waals surface area contributed by atoms with E-state index in [4.69, 9.17) is 5.11 Å². The molecule has 0 unspecified atom stereocenters. The Morgan fingerprint density at radius 2 is 0.952 bits per heavy atom. The molecular weight excluding hydrogens is 256 g/mol. The largest absolute Gasteiger partial charge is 0.508 e. The molecule has 0 amide bonds. The average Bonchev–Trinajstić information content (AvgIpc) is 2.99. The first-order valence-electron chi connectivity index (χ1n) is 7.77. The van der Waals surface area contributed by atoms with Gasteiger partial charge in [-0.25, -0.2) is 0 Å². The van der Waals surface area contributed by atoms with Crippen LogP contribution in [-0.2, 0) is 0 Å². The van der Waals surface area contributed by atoms with E-state index in [0.29, 0.717) is 5.75 Å². The molecule has 112 valence electrons. The highest BCUT2D eigenvalue weighted by Crippen LogP contribution is 2.03. The van der Waals surface area contributed by atoms with Crippen LogP contribution in [0.15, 0.2) is 78.9 Å². The van der Waals surface area contributed by atoms with Crippen molar-refractivity contribution >= 4 is 0 Å². The normalized spacial score (nSPS) is 15.8. The second-order valence-corrected chi connectivity index (χ2v) is 4.91. The number of rotatable bonds is 0. The minimum Gasteiger partial charge on any atom is -0.508 e. The van der Waals surface area contributed by atoms with Gasteiger partial charge in [-0.2, -0.15) is 0 Å². The molecular formula is C20H26O. The molecule has 1 aromatic rings. The summed E-state index contributed by atoms with van der Waals surface area (Å²) in [4.78, 5) is 0. The Bertz CT molecular complexity index is 402. The standard InChI is InChI=1S/2C7H10.C6H6O/c2*1-2-4-6-7-5-3-1;7-6-4-2-1-3-5-6/h2*1-4H,5-7H2;1-5,7H. The van der Waals surface area contributed by atoms with E-state index in [2.05, 4.69) is 48.6 Å². The van der Waals surface area contributed by atoms with E-state index < -0.39 is 0 Å². The van der Waals surface area contributed by atoms with Gasteiger partial charge in [0.15, 0.2) is 0 Å². The Morgan fingerprint density at radius 3 is 1.24 bits per heavy atom. The summed E-state index contributed by atoms with van der Waals surface area (Å²) in [7, 11) is 0. The molecule has 0 heterocycles. The third-order valence-electron chi connectivity index (χ3n) is 3.01. The van der Waals surface area contributed by atoms with Crippen LogP contribution in [0.2, 0.25) is 0 Å². The summed E-state index contributed by atoms with van der Waals surface area (Å²) < 4.78 is 0. The minimum atomic E-state index is 0.322. The molecule has 0 aliphatic heterocycles. The summed E-state index contributed by atoms with van der Waals surface area (Å²) in [6.07, 6.45) is 25.0.